The van der Waals surface area contributed by atoms with Gasteiger partial charge in [-0.05, 0) is 24.9 Å². The summed E-state index contributed by atoms with van der Waals surface area (Å²) in [6, 6.07) is 3.04. The molecule has 5 heteroatoms. The Hall–Kier alpha value is -2.30. The Morgan fingerprint density at radius 1 is 1.62 bits per heavy atom. The van der Waals surface area contributed by atoms with Crippen molar-refractivity contribution in [2.24, 2.45) is 9.98 Å². The van der Waals surface area contributed by atoms with E-state index in [1.807, 2.05) is 0 Å². The molecule has 1 aromatic rings. The average molecular weight is 217 g/mol. The monoisotopic (exact) mass is 217 g/mol. The summed E-state index contributed by atoms with van der Waals surface area (Å²) in [7, 11) is 1.56. The summed E-state index contributed by atoms with van der Waals surface area (Å²) in [6.07, 6.45) is 4.51. The van der Waals surface area contributed by atoms with E-state index in [-0.39, 0.29) is 5.56 Å². The van der Waals surface area contributed by atoms with E-state index in [0.29, 0.717) is 11.4 Å². The number of aromatic nitrogens is 1. The summed E-state index contributed by atoms with van der Waals surface area (Å²) in [6.45, 7) is 3.29. The lowest BCUT2D eigenvalue weighted by atomic mass is 10.1. The Bertz CT molecular complexity index is 464. The van der Waals surface area contributed by atoms with Crippen LogP contribution in [0.2, 0.25) is 0 Å². The van der Waals surface area contributed by atoms with Gasteiger partial charge in [-0.15, -0.1) is 0 Å². The first-order valence-corrected chi connectivity index (χ1v) is 4.48. The highest BCUT2D eigenvalue weighted by atomic mass is 16.4. The van der Waals surface area contributed by atoms with E-state index >= 15 is 0 Å². The van der Waals surface area contributed by atoms with Gasteiger partial charge in [-0.3, -0.25) is 15.0 Å². The lowest BCUT2D eigenvalue weighted by molar-refractivity contribution is 0.0696. The minimum absolute atomic E-state index is 0.108. The lowest BCUT2D eigenvalue weighted by Crippen LogP contribution is -2.09. The molecule has 0 bridgehead atoms. The second kappa shape index (κ2) is 5.55. The number of pyridine rings is 1. The standard InChI is InChI=1S/C11H11N3O2/c1-12-7-5-9(13-2)10-8(11(15)16)4-3-6-14-10/h3-7H,1H2,2H3,(H,15,16)/b7-5-,13-9?. The fourth-order valence-electron chi connectivity index (χ4n) is 1.16. The molecule has 0 radical (unpaired) electrons. The van der Waals surface area contributed by atoms with Crippen molar-refractivity contribution in [1.82, 2.24) is 4.98 Å². The number of aliphatic imine (C=N–C) groups is 2. The third-order valence-corrected chi connectivity index (χ3v) is 1.86. The first-order chi connectivity index (χ1) is 7.70. The minimum Gasteiger partial charge on any atom is -0.478 e. The summed E-state index contributed by atoms with van der Waals surface area (Å²) in [5.41, 5.74) is 0.875. The molecular weight excluding hydrogens is 206 g/mol. The van der Waals surface area contributed by atoms with Crippen molar-refractivity contribution < 1.29 is 9.90 Å². The van der Waals surface area contributed by atoms with Gasteiger partial charge in [0.25, 0.3) is 0 Å². The normalized spacial score (nSPS) is 11.7. The van der Waals surface area contributed by atoms with Gasteiger partial charge < -0.3 is 5.11 Å². The maximum atomic E-state index is 11.0. The van der Waals surface area contributed by atoms with Crippen molar-refractivity contribution in [3.63, 3.8) is 0 Å². The fourth-order valence-corrected chi connectivity index (χ4v) is 1.16. The number of nitrogens with zero attached hydrogens (tertiary/aromatic N) is 3. The second-order valence-electron chi connectivity index (χ2n) is 2.81. The van der Waals surface area contributed by atoms with E-state index in [0.717, 1.165) is 0 Å². The summed E-state index contributed by atoms with van der Waals surface area (Å²) in [5, 5.41) is 8.98. The molecule has 0 spiro atoms. The van der Waals surface area contributed by atoms with E-state index in [4.69, 9.17) is 5.11 Å². The first-order valence-electron chi connectivity index (χ1n) is 4.48. The van der Waals surface area contributed by atoms with Crippen molar-refractivity contribution in [2.75, 3.05) is 7.05 Å². The number of rotatable bonds is 4. The Labute approximate surface area is 92.9 Å². The fraction of sp³-hybridized carbons (Fsp3) is 0.0909. The number of carboxylic acid groups (broad SMARTS) is 1. The Morgan fingerprint density at radius 3 is 2.94 bits per heavy atom. The van der Waals surface area contributed by atoms with Crippen LogP contribution in [-0.4, -0.2) is 35.5 Å². The molecule has 0 unspecified atom stereocenters. The molecule has 0 aromatic carbocycles. The van der Waals surface area contributed by atoms with Crippen LogP contribution in [0.3, 0.4) is 0 Å². The largest absolute Gasteiger partial charge is 0.478 e. The molecule has 0 saturated heterocycles. The van der Waals surface area contributed by atoms with Crippen LogP contribution in [0.5, 0.6) is 0 Å². The first kappa shape index (κ1) is 11.8. The van der Waals surface area contributed by atoms with Gasteiger partial charge in [-0.25, -0.2) is 4.79 Å². The molecule has 5 nitrogen and oxygen atoms in total. The van der Waals surface area contributed by atoms with E-state index < -0.39 is 5.97 Å². The summed E-state index contributed by atoms with van der Waals surface area (Å²) < 4.78 is 0. The zero-order valence-electron chi connectivity index (χ0n) is 8.79. The molecule has 1 N–H and O–H groups in total. The van der Waals surface area contributed by atoms with Crippen LogP contribution < -0.4 is 0 Å². The quantitative estimate of drug-likeness (QED) is 0.775. The summed E-state index contributed by atoms with van der Waals surface area (Å²) in [4.78, 5) is 22.5. The predicted molar refractivity (Wildman–Crippen MR) is 62.3 cm³/mol. The maximum Gasteiger partial charge on any atom is 0.337 e. The molecule has 1 rings (SSSR count). The van der Waals surface area contributed by atoms with E-state index in [1.165, 1.54) is 18.5 Å². The van der Waals surface area contributed by atoms with Crippen LogP contribution in [0.4, 0.5) is 0 Å². The van der Waals surface area contributed by atoms with Gasteiger partial charge in [0.15, 0.2) is 0 Å². The molecule has 0 amide bonds. The SMILES string of the molecule is C=N/C=C\C(=NC)c1ncccc1C(=O)O. The number of hydrogen-bond donors (Lipinski definition) is 1. The molecule has 82 valence electrons. The van der Waals surface area contributed by atoms with Gasteiger partial charge in [0.05, 0.1) is 11.3 Å². The molecule has 0 aliphatic rings. The summed E-state index contributed by atoms with van der Waals surface area (Å²) >= 11 is 0. The number of hydrogen-bond acceptors (Lipinski definition) is 4. The topological polar surface area (TPSA) is 74.9 Å². The minimum atomic E-state index is -1.04. The molecule has 0 atom stereocenters. The van der Waals surface area contributed by atoms with Gasteiger partial charge in [-0.2, -0.15) is 0 Å². The van der Waals surface area contributed by atoms with Crippen LogP contribution in [0.15, 0.2) is 40.6 Å². The number of allylic oxidation sites excluding steroid dienone is 1. The van der Waals surface area contributed by atoms with E-state index in [1.54, 1.807) is 19.2 Å². The Morgan fingerprint density at radius 2 is 2.38 bits per heavy atom. The maximum absolute atomic E-state index is 11.0. The van der Waals surface area contributed by atoms with Crippen LogP contribution in [0, 0.1) is 0 Å². The Balaban J connectivity index is 3.25. The third kappa shape index (κ3) is 2.60. The Kier molecular flexibility index (Phi) is 4.08. The number of carboxylic acids is 1. The molecule has 1 heterocycles. The average Bonchev–Trinajstić information content (AvgIpc) is 2.30. The molecule has 0 saturated carbocycles. The molecular formula is C11H11N3O2. The number of carbonyl (C=O) groups is 1. The third-order valence-electron chi connectivity index (χ3n) is 1.86. The molecule has 0 aliphatic carbocycles. The van der Waals surface area contributed by atoms with Crippen molar-refractivity contribution >= 4 is 18.4 Å². The van der Waals surface area contributed by atoms with Gasteiger partial charge in [0.1, 0.15) is 5.69 Å². The van der Waals surface area contributed by atoms with Crippen molar-refractivity contribution in [3.05, 3.63) is 41.9 Å². The second-order valence-corrected chi connectivity index (χ2v) is 2.81. The molecule has 1 aromatic heterocycles. The highest BCUT2D eigenvalue weighted by Crippen LogP contribution is 2.08. The van der Waals surface area contributed by atoms with Crippen LogP contribution in [-0.2, 0) is 0 Å². The zero-order valence-corrected chi connectivity index (χ0v) is 8.79. The molecule has 0 fully saturated rings. The highest BCUT2D eigenvalue weighted by molar-refractivity contribution is 6.12. The zero-order chi connectivity index (χ0) is 12.0. The van der Waals surface area contributed by atoms with Crippen molar-refractivity contribution in [2.45, 2.75) is 0 Å². The van der Waals surface area contributed by atoms with Gasteiger partial charge >= 0.3 is 5.97 Å². The van der Waals surface area contributed by atoms with Crippen LogP contribution in [0.1, 0.15) is 16.1 Å². The van der Waals surface area contributed by atoms with Crippen molar-refractivity contribution in [3.8, 4) is 0 Å². The van der Waals surface area contributed by atoms with Crippen molar-refractivity contribution in [1.29, 1.82) is 0 Å². The lowest BCUT2D eigenvalue weighted by Gasteiger charge is -2.03. The van der Waals surface area contributed by atoms with E-state index in [9.17, 15) is 4.79 Å². The summed E-state index contributed by atoms with van der Waals surface area (Å²) in [5.74, 6) is -1.04. The number of aromatic carboxylic acids is 1. The predicted octanol–water partition coefficient (Wildman–Crippen LogP) is 1.41. The van der Waals surface area contributed by atoms with Crippen LogP contribution >= 0.6 is 0 Å². The molecule has 16 heavy (non-hydrogen) atoms. The smallest absolute Gasteiger partial charge is 0.337 e. The van der Waals surface area contributed by atoms with Crippen LogP contribution in [0.25, 0.3) is 0 Å². The highest BCUT2D eigenvalue weighted by Gasteiger charge is 2.13. The van der Waals surface area contributed by atoms with E-state index in [2.05, 4.69) is 21.7 Å². The van der Waals surface area contributed by atoms with Gasteiger partial charge in [0.2, 0.25) is 0 Å². The molecule has 0 aliphatic heterocycles. The van der Waals surface area contributed by atoms with Gasteiger partial charge in [0, 0.05) is 19.4 Å². The van der Waals surface area contributed by atoms with Gasteiger partial charge in [-0.1, -0.05) is 0 Å².